The molecule has 7 bridgehead atoms. The summed E-state index contributed by atoms with van der Waals surface area (Å²) in [5.74, 6) is -0.398. The molecule has 29 heavy (non-hydrogen) atoms. The maximum atomic E-state index is 12.1. The van der Waals surface area contributed by atoms with Crippen LogP contribution in [0.2, 0.25) is 0 Å². The van der Waals surface area contributed by atoms with E-state index in [1.54, 1.807) is 21.3 Å². The van der Waals surface area contributed by atoms with Crippen LogP contribution in [-0.4, -0.2) is 85.9 Å². The first-order valence-electron chi connectivity index (χ1n) is 11.3. The molecule has 1 aliphatic heterocycles. The van der Waals surface area contributed by atoms with Crippen LogP contribution in [0.3, 0.4) is 0 Å². The minimum Gasteiger partial charge on any atom is -0.392 e. The van der Waals surface area contributed by atoms with E-state index in [9.17, 15) is 15.3 Å². The number of aliphatic hydroxyl groups is 3. The average Bonchev–Trinajstić information content (AvgIpc) is 3.06. The number of methoxy groups -OCH3 is 3. The highest BCUT2D eigenvalue weighted by Gasteiger charge is 2.85. The van der Waals surface area contributed by atoms with Gasteiger partial charge >= 0.3 is 0 Å². The Morgan fingerprint density at radius 1 is 1.07 bits per heavy atom. The molecule has 0 radical (unpaired) electrons. The molecular weight excluding hydrogens is 374 g/mol. The van der Waals surface area contributed by atoms with Crippen LogP contribution in [-0.2, 0) is 14.2 Å². The molecule has 7 heteroatoms. The Bertz CT molecular complexity index is 707. The minimum absolute atomic E-state index is 0.00876. The van der Waals surface area contributed by atoms with Gasteiger partial charge in [0.25, 0.3) is 0 Å². The Morgan fingerprint density at radius 3 is 2.55 bits per heavy atom. The first kappa shape index (κ1) is 19.4. The summed E-state index contributed by atoms with van der Waals surface area (Å²) in [5, 5.41) is 39.1. The molecule has 5 saturated carbocycles. The molecule has 1 heterocycles. The fourth-order valence-corrected chi connectivity index (χ4v) is 10.1. The van der Waals surface area contributed by atoms with E-state index < -0.39 is 17.8 Å². The van der Waals surface area contributed by atoms with Crippen LogP contribution in [0.1, 0.15) is 25.7 Å². The predicted molar refractivity (Wildman–Crippen MR) is 103 cm³/mol. The maximum absolute atomic E-state index is 12.1. The van der Waals surface area contributed by atoms with Gasteiger partial charge in [-0.1, -0.05) is 0 Å². The average molecular weight is 410 g/mol. The number of aliphatic hydroxyl groups excluding tert-OH is 2. The molecule has 0 amide bonds. The van der Waals surface area contributed by atoms with Crippen LogP contribution in [0, 0.1) is 40.4 Å². The van der Waals surface area contributed by atoms with Gasteiger partial charge in [0.15, 0.2) is 0 Å². The van der Waals surface area contributed by atoms with Crippen LogP contribution in [0.4, 0.5) is 0 Å². The number of nitrogens with one attached hydrogen (secondary N) is 1. The molecule has 1 saturated heterocycles. The number of hydrogen-bond donors (Lipinski definition) is 4. The lowest BCUT2D eigenvalue weighted by atomic mass is 9.43. The van der Waals surface area contributed by atoms with Gasteiger partial charge in [-0.25, -0.2) is 0 Å². The Labute approximate surface area is 172 Å². The Morgan fingerprint density at radius 2 is 1.86 bits per heavy atom. The van der Waals surface area contributed by atoms with E-state index in [2.05, 4.69) is 5.32 Å². The van der Waals surface area contributed by atoms with Crippen LogP contribution >= 0.6 is 0 Å². The predicted octanol–water partition coefficient (Wildman–Crippen LogP) is -0.230. The lowest BCUT2D eigenvalue weighted by Crippen LogP contribution is -2.76. The van der Waals surface area contributed by atoms with E-state index in [0.29, 0.717) is 13.0 Å². The molecule has 6 rings (SSSR count). The van der Waals surface area contributed by atoms with Crippen molar-refractivity contribution in [3.63, 3.8) is 0 Å². The van der Waals surface area contributed by atoms with Crippen molar-refractivity contribution in [1.29, 1.82) is 0 Å². The molecule has 4 N–H and O–H groups in total. The van der Waals surface area contributed by atoms with E-state index >= 15 is 0 Å². The summed E-state index contributed by atoms with van der Waals surface area (Å²) in [5.41, 5.74) is -1.57. The molecule has 0 aromatic rings. The van der Waals surface area contributed by atoms with Crippen molar-refractivity contribution in [2.24, 2.45) is 40.4 Å². The molecule has 6 aliphatic rings. The smallest absolute Gasteiger partial charge is 0.0796 e. The van der Waals surface area contributed by atoms with Crippen LogP contribution < -0.4 is 5.32 Å². The number of ether oxygens (including phenoxy) is 3. The van der Waals surface area contributed by atoms with Crippen molar-refractivity contribution in [3.8, 4) is 0 Å². The Balaban J connectivity index is 1.58. The first-order valence-corrected chi connectivity index (χ1v) is 11.3. The maximum Gasteiger partial charge on any atom is 0.0796 e. The van der Waals surface area contributed by atoms with Gasteiger partial charge in [0.05, 0.1) is 36.6 Å². The molecule has 0 unspecified atom stereocenters. The van der Waals surface area contributed by atoms with Gasteiger partial charge in [0, 0.05) is 74.8 Å². The van der Waals surface area contributed by atoms with E-state index in [0.717, 1.165) is 25.8 Å². The highest BCUT2D eigenvalue weighted by atomic mass is 16.5. The van der Waals surface area contributed by atoms with Crippen LogP contribution in [0.15, 0.2) is 0 Å². The molecule has 13 atom stereocenters. The third-order valence-corrected chi connectivity index (χ3v) is 10.5. The second-order valence-corrected chi connectivity index (χ2v) is 10.9. The SMILES string of the molecule is COC[C@@]12CC[C@H](OC)[C@@]34[C@@H]5C[C@H]6[C@H](O)[C@@H]5[C@](O)(C[C@@H]6OC)[C@@H]([C@H](O)[C@H]13)[C@@H]4NC2. The largest absolute Gasteiger partial charge is 0.392 e. The Kier molecular flexibility index (Phi) is 3.98. The lowest BCUT2D eigenvalue weighted by Gasteiger charge is -2.66. The summed E-state index contributed by atoms with van der Waals surface area (Å²) >= 11 is 0. The van der Waals surface area contributed by atoms with E-state index in [-0.39, 0.29) is 58.7 Å². The fourth-order valence-electron chi connectivity index (χ4n) is 10.1. The standard InChI is InChI=1S/C22H35NO6/c1-27-9-20-5-4-13(29-3)22-11-6-10-12(28-2)7-21(26,14(11)16(10)24)15(17(25)18(20)22)19(22)23-8-20/h10-19,23-26H,4-9H2,1-3H3/t10-,11-,12+,13+,14-,15+,16+,17+,18-,19+,20+,21-,22+/m1/s1. The zero-order chi connectivity index (χ0) is 20.3. The van der Waals surface area contributed by atoms with Crippen molar-refractivity contribution >= 4 is 0 Å². The normalized spacial score (nSPS) is 64.3. The highest BCUT2D eigenvalue weighted by Crippen LogP contribution is 2.77. The number of piperidine rings is 1. The summed E-state index contributed by atoms with van der Waals surface area (Å²) in [7, 11) is 5.20. The van der Waals surface area contributed by atoms with Gasteiger partial charge in [0.1, 0.15) is 0 Å². The number of rotatable bonds is 4. The molecule has 0 aromatic carbocycles. The molecule has 0 aromatic heterocycles. The van der Waals surface area contributed by atoms with Crippen molar-refractivity contribution < 1.29 is 29.5 Å². The number of fused-ring (bicyclic) bond motifs is 2. The first-order chi connectivity index (χ1) is 13.9. The van der Waals surface area contributed by atoms with Gasteiger partial charge in [-0.05, 0) is 25.2 Å². The molecule has 164 valence electrons. The lowest BCUT2D eigenvalue weighted by molar-refractivity contribution is -0.250. The van der Waals surface area contributed by atoms with E-state index in [1.807, 2.05) is 0 Å². The second-order valence-electron chi connectivity index (χ2n) is 10.9. The topological polar surface area (TPSA) is 100 Å². The molecule has 1 spiro atoms. The van der Waals surface area contributed by atoms with Gasteiger partial charge in [-0.15, -0.1) is 0 Å². The highest BCUT2D eigenvalue weighted by molar-refractivity contribution is 5.35. The van der Waals surface area contributed by atoms with Gasteiger partial charge in [-0.2, -0.15) is 0 Å². The second kappa shape index (κ2) is 5.94. The van der Waals surface area contributed by atoms with Gasteiger partial charge in [0.2, 0.25) is 0 Å². The van der Waals surface area contributed by atoms with Crippen LogP contribution in [0.25, 0.3) is 0 Å². The van der Waals surface area contributed by atoms with Crippen molar-refractivity contribution in [2.45, 2.75) is 61.7 Å². The van der Waals surface area contributed by atoms with E-state index in [4.69, 9.17) is 14.2 Å². The van der Waals surface area contributed by atoms with Crippen molar-refractivity contribution in [2.75, 3.05) is 34.5 Å². The summed E-state index contributed by atoms with van der Waals surface area (Å²) in [6, 6.07) is -0.00876. The van der Waals surface area contributed by atoms with Crippen LogP contribution in [0.5, 0.6) is 0 Å². The molecular formula is C22H35NO6. The minimum atomic E-state index is -1.13. The Hall–Kier alpha value is -0.280. The number of hydrogen-bond acceptors (Lipinski definition) is 7. The van der Waals surface area contributed by atoms with E-state index in [1.165, 1.54) is 0 Å². The zero-order valence-corrected chi connectivity index (χ0v) is 17.6. The van der Waals surface area contributed by atoms with Crippen molar-refractivity contribution in [1.82, 2.24) is 5.32 Å². The fraction of sp³-hybridized carbons (Fsp3) is 1.00. The molecule has 6 fully saturated rings. The molecule has 5 aliphatic carbocycles. The monoisotopic (exact) mass is 409 g/mol. The summed E-state index contributed by atoms with van der Waals surface area (Å²) in [4.78, 5) is 0. The summed E-state index contributed by atoms with van der Waals surface area (Å²) in [6.07, 6.45) is 1.80. The summed E-state index contributed by atoms with van der Waals surface area (Å²) < 4.78 is 17.6. The van der Waals surface area contributed by atoms with Gasteiger partial charge in [-0.3, -0.25) is 0 Å². The molecule has 7 nitrogen and oxygen atoms in total. The summed E-state index contributed by atoms with van der Waals surface area (Å²) in [6.45, 7) is 1.40. The van der Waals surface area contributed by atoms with Gasteiger partial charge < -0.3 is 34.8 Å². The van der Waals surface area contributed by atoms with Crippen molar-refractivity contribution in [3.05, 3.63) is 0 Å². The third kappa shape index (κ3) is 1.88. The third-order valence-electron chi connectivity index (χ3n) is 10.5. The zero-order valence-electron chi connectivity index (χ0n) is 17.6. The quantitative estimate of drug-likeness (QED) is 0.509.